The van der Waals surface area contributed by atoms with Crippen LogP contribution in [0.3, 0.4) is 0 Å². The first-order valence-corrected chi connectivity index (χ1v) is 5.19. The van der Waals surface area contributed by atoms with Gasteiger partial charge in [0, 0.05) is 25.8 Å². The molecule has 2 heterocycles. The number of hydrogen-bond donors (Lipinski definition) is 2. The lowest BCUT2D eigenvalue weighted by atomic mass is 10.1. The molecule has 82 valence electrons. The van der Waals surface area contributed by atoms with Crippen LogP contribution in [0.2, 0.25) is 0 Å². The summed E-state index contributed by atoms with van der Waals surface area (Å²) in [4.78, 5) is 0. The fourth-order valence-corrected chi connectivity index (χ4v) is 1.84. The van der Waals surface area contributed by atoms with Gasteiger partial charge in [-0.2, -0.15) is 5.10 Å². The van der Waals surface area contributed by atoms with Crippen molar-refractivity contribution in [2.45, 2.75) is 25.3 Å². The Bertz CT molecular complexity index is 341. The highest BCUT2D eigenvalue weighted by Gasteiger charge is 2.16. The molecule has 1 aromatic heterocycles. The number of aromatic nitrogens is 2. The predicted octanol–water partition coefficient (Wildman–Crippen LogP) is 0.713. The van der Waals surface area contributed by atoms with E-state index < -0.39 is 0 Å². The van der Waals surface area contributed by atoms with Crippen molar-refractivity contribution in [1.29, 1.82) is 5.41 Å². The number of hydrogen-bond acceptors (Lipinski definition) is 3. The smallest absolute Gasteiger partial charge is 0.0951 e. The molecular formula is C10H16N4O. The SMILES string of the molecule is N=C(N)Cc1cnn(C2CCOCC2)c1. The maximum Gasteiger partial charge on any atom is 0.0951 e. The Balaban J connectivity index is 2.02. The fourth-order valence-electron chi connectivity index (χ4n) is 1.84. The summed E-state index contributed by atoms with van der Waals surface area (Å²) in [6, 6.07) is 0.444. The highest BCUT2D eigenvalue weighted by Crippen LogP contribution is 2.20. The van der Waals surface area contributed by atoms with Crippen molar-refractivity contribution < 1.29 is 4.74 Å². The van der Waals surface area contributed by atoms with Crippen LogP contribution in [-0.4, -0.2) is 28.8 Å². The molecule has 5 nitrogen and oxygen atoms in total. The van der Waals surface area contributed by atoms with E-state index >= 15 is 0 Å². The molecule has 0 atom stereocenters. The van der Waals surface area contributed by atoms with Crippen LogP contribution in [0, 0.1) is 5.41 Å². The standard InChI is InChI=1S/C10H16N4O/c11-10(12)5-8-6-13-14(7-8)9-1-3-15-4-2-9/h6-7,9H,1-5H2,(H3,11,12). The average molecular weight is 208 g/mol. The van der Waals surface area contributed by atoms with Gasteiger partial charge in [0.15, 0.2) is 0 Å². The molecule has 0 amide bonds. The maximum atomic E-state index is 7.21. The van der Waals surface area contributed by atoms with E-state index in [0.717, 1.165) is 31.6 Å². The molecule has 0 radical (unpaired) electrons. The molecule has 0 bridgehead atoms. The summed E-state index contributed by atoms with van der Waals surface area (Å²) in [6.45, 7) is 1.62. The second kappa shape index (κ2) is 4.44. The van der Waals surface area contributed by atoms with Crippen LogP contribution in [-0.2, 0) is 11.2 Å². The third kappa shape index (κ3) is 2.56. The van der Waals surface area contributed by atoms with Crippen LogP contribution < -0.4 is 5.73 Å². The van der Waals surface area contributed by atoms with Gasteiger partial charge in [-0.1, -0.05) is 0 Å². The average Bonchev–Trinajstić information content (AvgIpc) is 2.67. The summed E-state index contributed by atoms with van der Waals surface area (Å²) in [5.74, 6) is 0.182. The van der Waals surface area contributed by atoms with Gasteiger partial charge in [0.05, 0.1) is 18.1 Å². The molecule has 3 N–H and O–H groups in total. The number of nitrogens with one attached hydrogen (secondary N) is 1. The first kappa shape index (κ1) is 10.2. The maximum absolute atomic E-state index is 7.21. The van der Waals surface area contributed by atoms with Crippen molar-refractivity contribution in [3.63, 3.8) is 0 Å². The molecule has 15 heavy (non-hydrogen) atoms. The summed E-state index contributed by atoms with van der Waals surface area (Å²) in [7, 11) is 0. The molecule has 0 unspecified atom stereocenters. The third-order valence-electron chi connectivity index (χ3n) is 2.61. The van der Waals surface area contributed by atoms with Gasteiger partial charge in [-0.25, -0.2) is 0 Å². The third-order valence-corrected chi connectivity index (χ3v) is 2.61. The van der Waals surface area contributed by atoms with Crippen molar-refractivity contribution in [1.82, 2.24) is 9.78 Å². The van der Waals surface area contributed by atoms with Crippen LogP contribution >= 0.6 is 0 Å². The number of amidine groups is 1. The zero-order chi connectivity index (χ0) is 10.7. The number of nitrogens with two attached hydrogens (primary N) is 1. The quantitative estimate of drug-likeness (QED) is 0.567. The molecule has 1 aromatic rings. The second-order valence-corrected chi connectivity index (χ2v) is 3.87. The molecule has 1 fully saturated rings. The van der Waals surface area contributed by atoms with E-state index in [0.29, 0.717) is 12.5 Å². The minimum Gasteiger partial charge on any atom is -0.387 e. The largest absolute Gasteiger partial charge is 0.387 e. The van der Waals surface area contributed by atoms with Crippen LogP contribution in [0.1, 0.15) is 24.4 Å². The molecule has 5 heteroatoms. The normalized spacial score (nSPS) is 17.9. The monoisotopic (exact) mass is 208 g/mol. The van der Waals surface area contributed by atoms with E-state index in [1.165, 1.54) is 0 Å². The Morgan fingerprint density at radius 1 is 1.60 bits per heavy atom. The number of rotatable bonds is 3. The highest BCUT2D eigenvalue weighted by molar-refractivity contribution is 5.79. The van der Waals surface area contributed by atoms with Gasteiger partial charge in [0.25, 0.3) is 0 Å². The van der Waals surface area contributed by atoms with E-state index in [4.69, 9.17) is 15.9 Å². The number of nitrogens with zero attached hydrogens (tertiary/aromatic N) is 2. The molecule has 0 aliphatic carbocycles. The second-order valence-electron chi connectivity index (χ2n) is 3.87. The molecule has 1 aliphatic heterocycles. The minimum atomic E-state index is 0.182. The van der Waals surface area contributed by atoms with Gasteiger partial charge in [0.1, 0.15) is 0 Å². The Morgan fingerprint density at radius 3 is 3.00 bits per heavy atom. The van der Waals surface area contributed by atoms with Crippen molar-refractivity contribution in [2.24, 2.45) is 5.73 Å². The lowest BCUT2D eigenvalue weighted by Gasteiger charge is -2.22. The summed E-state index contributed by atoms with van der Waals surface area (Å²) in [6.07, 6.45) is 6.29. The van der Waals surface area contributed by atoms with Crippen LogP contribution in [0.25, 0.3) is 0 Å². The van der Waals surface area contributed by atoms with Gasteiger partial charge >= 0.3 is 0 Å². The van der Waals surface area contributed by atoms with Gasteiger partial charge in [0.2, 0.25) is 0 Å². The Hall–Kier alpha value is -1.36. The number of ether oxygens (including phenoxy) is 1. The van der Waals surface area contributed by atoms with Crippen molar-refractivity contribution in [3.8, 4) is 0 Å². The lowest BCUT2D eigenvalue weighted by molar-refractivity contribution is 0.0662. The Labute approximate surface area is 88.7 Å². The fraction of sp³-hybridized carbons (Fsp3) is 0.600. The summed E-state index contributed by atoms with van der Waals surface area (Å²) < 4.78 is 7.27. The summed E-state index contributed by atoms with van der Waals surface area (Å²) >= 11 is 0. The molecule has 0 saturated carbocycles. The summed E-state index contributed by atoms with van der Waals surface area (Å²) in [5.41, 5.74) is 6.35. The lowest BCUT2D eigenvalue weighted by Crippen LogP contribution is -2.19. The van der Waals surface area contributed by atoms with Gasteiger partial charge < -0.3 is 10.5 Å². The van der Waals surface area contributed by atoms with Crippen molar-refractivity contribution in [2.75, 3.05) is 13.2 Å². The summed E-state index contributed by atoms with van der Waals surface area (Å²) in [5, 5.41) is 11.5. The van der Waals surface area contributed by atoms with Gasteiger partial charge in [-0.05, 0) is 18.4 Å². The van der Waals surface area contributed by atoms with Crippen molar-refractivity contribution in [3.05, 3.63) is 18.0 Å². The predicted molar refractivity (Wildman–Crippen MR) is 56.9 cm³/mol. The van der Waals surface area contributed by atoms with E-state index in [2.05, 4.69) is 5.10 Å². The first-order chi connectivity index (χ1) is 7.25. The topological polar surface area (TPSA) is 76.9 Å². The van der Waals surface area contributed by atoms with E-state index in [1.807, 2.05) is 10.9 Å². The molecule has 0 aromatic carbocycles. The van der Waals surface area contributed by atoms with E-state index in [9.17, 15) is 0 Å². The molecule has 1 aliphatic rings. The van der Waals surface area contributed by atoms with E-state index in [-0.39, 0.29) is 5.84 Å². The zero-order valence-electron chi connectivity index (χ0n) is 8.65. The molecule has 2 rings (SSSR count). The minimum absolute atomic E-state index is 0.182. The Kier molecular flexibility index (Phi) is 3.01. The molecular weight excluding hydrogens is 192 g/mol. The molecule has 1 saturated heterocycles. The first-order valence-electron chi connectivity index (χ1n) is 5.19. The van der Waals surface area contributed by atoms with Gasteiger partial charge in [-0.3, -0.25) is 10.1 Å². The van der Waals surface area contributed by atoms with Crippen LogP contribution in [0.4, 0.5) is 0 Å². The van der Waals surface area contributed by atoms with Crippen molar-refractivity contribution >= 4 is 5.84 Å². The zero-order valence-corrected chi connectivity index (χ0v) is 8.65. The molecule has 0 spiro atoms. The van der Waals surface area contributed by atoms with Gasteiger partial charge in [-0.15, -0.1) is 0 Å². The van der Waals surface area contributed by atoms with Crippen LogP contribution in [0.5, 0.6) is 0 Å². The van der Waals surface area contributed by atoms with E-state index in [1.54, 1.807) is 6.20 Å². The Morgan fingerprint density at radius 2 is 2.33 bits per heavy atom. The highest BCUT2D eigenvalue weighted by atomic mass is 16.5. The van der Waals surface area contributed by atoms with Crippen LogP contribution in [0.15, 0.2) is 12.4 Å².